The summed E-state index contributed by atoms with van der Waals surface area (Å²) in [7, 11) is 1.58. The van der Waals surface area contributed by atoms with Crippen molar-refractivity contribution in [1.29, 1.82) is 0 Å². The molecule has 0 radical (unpaired) electrons. The molecule has 0 saturated carbocycles. The molecule has 2 amide bonds. The van der Waals surface area contributed by atoms with Gasteiger partial charge in [-0.3, -0.25) is 9.59 Å². The molecule has 1 unspecified atom stereocenters. The summed E-state index contributed by atoms with van der Waals surface area (Å²) in [5.74, 6) is -1.35. The number of benzene rings is 1. The van der Waals surface area contributed by atoms with E-state index in [9.17, 15) is 18.4 Å². The number of carbonyl (C=O) groups is 2. The molecular formula is C17H19F2N3O3S. The summed E-state index contributed by atoms with van der Waals surface area (Å²) < 4.78 is 31.2. The van der Waals surface area contributed by atoms with Crippen molar-refractivity contribution in [2.24, 2.45) is 0 Å². The Morgan fingerprint density at radius 3 is 2.62 bits per heavy atom. The molecule has 1 aromatic carbocycles. The van der Waals surface area contributed by atoms with Crippen LogP contribution in [0.3, 0.4) is 0 Å². The zero-order valence-electron chi connectivity index (χ0n) is 14.6. The van der Waals surface area contributed by atoms with E-state index >= 15 is 0 Å². The lowest BCUT2D eigenvalue weighted by molar-refractivity contribution is -0.128. The van der Waals surface area contributed by atoms with Crippen LogP contribution < -0.4 is 5.32 Å². The first-order valence-electron chi connectivity index (χ1n) is 7.79. The van der Waals surface area contributed by atoms with E-state index < -0.39 is 17.7 Å². The number of hydrogen-bond donors (Lipinski definition) is 1. The fourth-order valence-corrected chi connectivity index (χ4v) is 2.89. The van der Waals surface area contributed by atoms with Crippen LogP contribution in [0, 0.1) is 18.6 Å². The van der Waals surface area contributed by atoms with Crippen molar-refractivity contribution in [2.75, 3.05) is 23.9 Å². The molecule has 0 bridgehead atoms. The molecule has 140 valence electrons. The topological polar surface area (TPSA) is 75.4 Å². The number of thioether (sulfide) groups is 1. The Morgan fingerprint density at radius 2 is 2.00 bits per heavy atom. The van der Waals surface area contributed by atoms with Gasteiger partial charge in [0, 0.05) is 13.1 Å². The molecule has 1 N–H and O–H groups in total. The minimum absolute atomic E-state index is 0.0744. The van der Waals surface area contributed by atoms with Crippen molar-refractivity contribution in [3.8, 4) is 0 Å². The van der Waals surface area contributed by atoms with Crippen LogP contribution in [0.5, 0.6) is 0 Å². The molecule has 1 aromatic heterocycles. The quantitative estimate of drug-likeness (QED) is 0.795. The van der Waals surface area contributed by atoms with Gasteiger partial charge in [0.05, 0.1) is 17.5 Å². The van der Waals surface area contributed by atoms with Gasteiger partial charge >= 0.3 is 0 Å². The number of hydrogen-bond acceptors (Lipinski definition) is 5. The molecule has 26 heavy (non-hydrogen) atoms. The average Bonchev–Trinajstić information content (AvgIpc) is 3.00. The molecule has 0 aliphatic carbocycles. The van der Waals surface area contributed by atoms with Crippen molar-refractivity contribution in [3.63, 3.8) is 0 Å². The van der Waals surface area contributed by atoms with Crippen LogP contribution in [0.25, 0.3) is 0 Å². The third-order valence-electron chi connectivity index (χ3n) is 3.75. The third kappa shape index (κ3) is 5.29. The predicted octanol–water partition coefficient (Wildman–Crippen LogP) is 3.15. The standard InChI is InChI=1S/C17H19F2N3O3S/c1-10-6-15(21-25-10)20-16(23)8-26-9-17(24)22(3)11(2)12-4-5-13(18)14(19)7-12/h4-7,11H,8-9H2,1-3H3,(H,20,21,23). The number of rotatable bonds is 7. The summed E-state index contributed by atoms with van der Waals surface area (Å²) in [4.78, 5) is 25.4. The van der Waals surface area contributed by atoms with Crippen molar-refractivity contribution < 1.29 is 22.9 Å². The summed E-state index contributed by atoms with van der Waals surface area (Å²) in [5, 5.41) is 6.21. The van der Waals surface area contributed by atoms with Gasteiger partial charge in [-0.05, 0) is 31.5 Å². The van der Waals surface area contributed by atoms with E-state index in [-0.39, 0.29) is 23.3 Å². The number of carbonyl (C=O) groups excluding carboxylic acids is 2. The average molecular weight is 383 g/mol. The number of halogens is 2. The molecular weight excluding hydrogens is 364 g/mol. The van der Waals surface area contributed by atoms with Crippen LogP contribution in [-0.2, 0) is 9.59 Å². The third-order valence-corrected chi connectivity index (χ3v) is 4.67. The lowest BCUT2D eigenvalue weighted by Gasteiger charge is -2.25. The zero-order chi connectivity index (χ0) is 19.3. The molecule has 0 aliphatic rings. The first-order chi connectivity index (χ1) is 12.3. The van der Waals surface area contributed by atoms with Gasteiger partial charge in [0.1, 0.15) is 5.76 Å². The fraction of sp³-hybridized carbons (Fsp3) is 0.353. The Bertz CT molecular complexity index is 797. The largest absolute Gasteiger partial charge is 0.360 e. The van der Waals surface area contributed by atoms with Crippen molar-refractivity contribution in [1.82, 2.24) is 10.1 Å². The highest BCUT2D eigenvalue weighted by molar-refractivity contribution is 8.00. The molecule has 9 heteroatoms. The van der Waals surface area contributed by atoms with Gasteiger partial charge in [0.2, 0.25) is 11.8 Å². The fourth-order valence-electron chi connectivity index (χ4n) is 2.15. The highest BCUT2D eigenvalue weighted by atomic mass is 32.2. The summed E-state index contributed by atoms with van der Waals surface area (Å²) >= 11 is 1.15. The van der Waals surface area contributed by atoms with Gasteiger partial charge in [-0.25, -0.2) is 8.78 Å². The van der Waals surface area contributed by atoms with Crippen molar-refractivity contribution >= 4 is 29.4 Å². The second-order valence-corrected chi connectivity index (χ2v) is 6.70. The lowest BCUT2D eigenvalue weighted by atomic mass is 10.1. The monoisotopic (exact) mass is 383 g/mol. The summed E-state index contributed by atoms with van der Waals surface area (Å²) in [5.41, 5.74) is 0.490. The van der Waals surface area contributed by atoms with E-state index in [2.05, 4.69) is 10.5 Å². The summed E-state index contributed by atoms with van der Waals surface area (Å²) in [6, 6.07) is 4.71. The molecule has 2 rings (SSSR count). The number of nitrogens with one attached hydrogen (secondary N) is 1. The first-order valence-corrected chi connectivity index (χ1v) is 8.95. The minimum atomic E-state index is -0.954. The SMILES string of the molecule is Cc1cc(NC(=O)CSCC(=O)N(C)C(C)c2ccc(F)c(F)c2)no1. The lowest BCUT2D eigenvalue weighted by Crippen LogP contribution is -2.31. The second-order valence-electron chi connectivity index (χ2n) is 5.72. The van der Waals surface area contributed by atoms with Gasteiger partial charge < -0.3 is 14.7 Å². The van der Waals surface area contributed by atoms with Crippen molar-refractivity contribution in [3.05, 3.63) is 47.2 Å². The van der Waals surface area contributed by atoms with Crippen LogP contribution in [0.2, 0.25) is 0 Å². The van der Waals surface area contributed by atoms with E-state index in [0.717, 1.165) is 23.9 Å². The Kier molecular flexibility index (Phi) is 6.73. The number of aryl methyl sites for hydroxylation is 1. The van der Waals surface area contributed by atoms with Gasteiger partial charge in [0.15, 0.2) is 17.5 Å². The van der Waals surface area contributed by atoms with Gasteiger partial charge in [-0.2, -0.15) is 0 Å². The number of nitrogens with zero attached hydrogens (tertiary/aromatic N) is 2. The molecule has 1 heterocycles. The number of aromatic nitrogens is 1. The molecule has 1 atom stereocenters. The van der Waals surface area contributed by atoms with Crippen LogP contribution in [0.4, 0.5) is 14.6 Å². The van der Waals surface area contributed by atoms with Crippen molar-refractivity contribution in [2.45, 2.75) is 19.9 Å². The molecule has 0 spiro atoms. The minimum Gasteiger partial charge on any atom is -0.360 e. The Balaban J connectivity index is 1.80. The highest BCUT2D eigenvalue weighted by Crippen LogP contribution is 2.21. The van der Waals surface area contributed by atoms with E-state index in [1.807, 2.05) is 0 Å². The Labute approximate surface area is 153 Å². The van der Waals surface area contributed by atoms with Crippen LogP contribution in [0.15, 0.2) is 28.8 Å². The molecule has 6 nitrogen and oxygen atoms in total. The first kappa shape index (κ1) is 19.9. The smallest absolute Gasteiger partial charge is 0.235 e. The molecule has 0 fully saturated rings. The van der Waals surface area contributed by atoms with E-state index in [0.29, 0.717) is 17.1 Å². The van der Waals surface area contributed by atoms with Crippen LogP contribution >= 0.6 is 11.8 Å². The second kappa shape index (κ2) is 8.79. The molecule has 2 aromatic rings. The van der Waals surface area contributed by atoms with E-state index in [1.165, 1.54) is 11.0 Å². The molecule has 0 saturated heterocycles. The Morgan fingerprint density at radius 1 is 1.27 bits per heavy atom. The van der Waals surface area contributed by atoms with Gasteiger partial charge in [0.25, 0.3) is 0 Å². The molecule has 0 aliphatic heterocycles. The zero-order valence-corrected chi connectivity index (χ0v) is 15.4. The maximum Gasteiger partial charge on any atom is 0.235 e. The van der Waals surface area contributed by atoms with E-state index in [1.54, 1.807) is 27.0 Å². The van der Waals surface area contributed by atoms with Crippen LogP contribution in [0.1, 0.15) is 24.3 Å². The summed E-state index contributed by atoms with van der Waals surface area (Å²) in [6.45, 7) is 3.43. The predicted molar refractivity (Wildman–Crippen MR) is 94.7 cm³/mol. The normalized spacial score (nSPS) is 11.9. The van der Waals surface area contributed by atoms with Gasteiger partial charge in [-0.15, -0.1) is 11.8 Å². The highest BCUT2D eigenvalue weighted by Gasteiger charge is 2.19. The number of amides is 2. The van der Waals surface area contributed by atoms with E-state index in [4.69, 9.17) is 4.52 Å². The Hall–Kier alpha value is -2.42. The van der Waals surface area contributed by atoms with Gasteiger partial charge in [-0.1, -0.05) is 11.2 Å². The maximum absolute atomic E-state index is 13.3. The number of anilines is 1. The maximum atomic E-state index is 13.3. The summed E-state index contributed by atoms with van der Waals surface area (Å²) in [6.07, 6.45) is 0. The van der Waals surface area contributed by atoms with Crippen LogP contribution in [-0.4, -0.2) is 40.4 Å².